The van der Waals surface area contributed by atoms with Gasteiger partial charge in [0.1, 0.15) is 5.82 Å². The molecule has 0 aliphatic heterocycles. The second-order valence-electron chi connectivity index (χ2n) is 3.60. The van der Waals surface area contributed by atoms with Crippen molar-refractivity contribution in [2.75, 3.05) is 5.32 Å². The summed E-state index contributed by atoms with van der Waals surface area (Å²) in [6.07, 6.45) is 0.539. The van der Waals surface area contributed by atoms with Gasteiger partial charge in [-0.1, -0.05) is 15.9 Å². The summed E-state index contributed by atoms with van der Waals surface area (Å²) in [5, 5.41) is 11.4. The number of aliphatic carboxylic acids is 1. The van der Waals surface area contributed by atoms with Crippen LogP contribution < -0.4 is 5.32 Å². The van der Waals surface area contributed by atoms with E-state index in [0.717, 1.165) is 0 Å². The first-order valence-corrected chi connectivity index (χ1v) is 5.71. The monoisotopic (exact) mass is 289 g/mol. The van der Waals surface area contributed by atoms with Crippen LogP contribution in [-0.2, 0) is 4.79 Å². The van der Waals surface area contributed by atoms with Gasteiger partial charge in [-0.25, -0.2) is 4.39 Å². The fraction of sp³-hybridized carbons (Fsp3) is 0.364. The molecule has 0 amide bonds. The van der Waals surface area contributed by atoms with Crippen LogP contribution in [0.2, 0.25) is 0 Å². The zero-order chi connectivity index (χ0) is 12.1. The van der Waals surface area contributed by atoms with E-state index in [0.29, 0.717) is 16.6 Å². The maximum atomic E-state index is 13.4. The van der Waals surface area contributed by atoms with Crippen molar-refractivity contribution in [3.63, 3.8) is 0 Å². The Balaban J connectivity index is 2.55. The molecule has 0 heterocycles. The summed E-state index contributed by atoms with van der Waals surface area (Å²) in [6, 6.07) is 4.64. The van der Waals surface area contributed by atoms with E-state index >= 15 is 0 Å². The first-order valence-electron chi connectivity index (χ1n) is 4.92. The molecule has 0 fully saturated rings. The highest BCUT2D eigenvalue weighted by Gasteiger charge is 2.08. The normalized spacial score (nSPS) is 12.2. The molecule has 1 aromatic carbocycles. The number of halogens is 2. The first kappa shape index (κ1) is 13.0. The topological polar surface area (TPSA) is 49.3 Å². The second-order valence-corrected chi connectivity index (χ2v) is 4.52. The summed E-state index contributed by atoms with van der Waals surface area (Å²) in [7, 11) is 0. The van der Waals surface area contributed by atoms with Crippen molar-refractivity contribution in [2.45, 2.75) is 25.8 Å². The van der Waals surface area contributed by atoms with Crippen LogP contribution in [0.1, 0.15) is 19.8 Å². The minimum absolute atomic E-state index is 0.0757. The Kier molecular flexibility index (Phi) is 4.73. The molecule has 0 bridgehead atoms. The predicted molar refractivity (Wildman–Crippen MR) is 64.1 cm³/mol. The van der Waals surface area contributed by atoms with Crippen LogP contribution in [0.3, 0.4) is 0 Å². The Morgan fingerprint density at radius 3 is 2.88 bits per heavy atom. The SMILES string of the molecule is CC(CCC(=O)O)Nc1ccc(Br)cc1F. The quantitative estimate of drug-likeness (QED) is 0.875. The van der Waals surface area contributed by atoms with Gasteiger partial charge in [0.15, 0.2) is 0 Å². The maximum Gasteiger partial charge on any atom is 0.303 e. The number of carbonyl (C=O) groups is 1. The van der Waals surface area contributed by atoms with E-state index in [1.807, 2.05) is 6.92 Å². The zero-order valence-electron chi connectivity index (χ0n) is 8.84. The number of benzene rings is 1. The number of nitrogens with one attached hydrogen (secondary N) is 1. The molecule has 0 spiro atoms. The van der Waals surface area contributed by atoms with Crippen molar-refractivity contribution in [3.05, 3.63) is 28.5 Å². The molecule has 0 aliphatic rings. The summed E-state index contributed by atoms with van der Waals surface area (Å²) >= 11 is 3.17. The summed E-state index contributed by atoms with van der Waals surface area (Å²) in [5.41, 5.74) is 0.390. The Morgan fingerprint density at radius 2 is 2.31 bits per heavy atom. The Hall–Kier alpha value is -1.10. The fourth-order valence-electron chi connectivity index (χ4n) is 1.28. The molecule has 0 aromatic heterocycles. The summed E-state index contributed by atoms with van der Waals surface area (Å²) in [6.45, 7) is 1.82. The number of carboxylic acid groups (broad SMARTS) is 1. The van der Waals surface area contributed by atoms with Crippen molar-refractivity contribution in [2.24, 2.45) is 0 Å². The van der Waals surface area contributed by atoms with Crippen molar-refractivity contribution >= 4 is 27.6 Å². The molecule has 0 radical (unpaired) electrons. The fourth-order valence-corrected chi connectivity index (χ4v) is 1.62. The van der Waals surface area contributed by atoms with Gasteiger partial charge in [-0.3, -0.25) is 4.79 Å². The molecule has 1 rings (SSSR count). The lowest BCUT2D eigenvalue weighted by Gasteiger charge is -2.14. The van der Waals surface area contributed by atoms with Crippen LogP contribution in [0.25, 0.3) is 0 Å². The van der Waals surface area contributed by atoms with E-state index in [9.17, 15) is 9.18 Å². The van der Waals surface area contributed by atoms with Crippen LogP contribution in [0, 0.1) is 5.82 Å². The lowest BCUT2D eigenvalue weighted by Crippen LogP contribution is -2.17. The summed E-state index contributed by atoms with van der Waals surface area (Å²) in [4.78, 5) is 10.4. The zero-order valence-corrected chi connectivity index (χ0v) is 10.4. The Bertz CT molecular complexity index is 384. The number of rotatable bonds is 5. The maximum absolute atomic E-state index is 13.4. The molecule has 1 atom stereocenters. The lowest BCUT2D eigenvalue weighted by atomic mass is 10.1. The molecule has 88 valence electrons. The molecule has 5 heteroatoms. The van der Waals surface area contributed by atoms with E-state index < -0.39 is 5.97 Å². The highest BCUT2D eigenvalue weighted by Crippen LogP contribution is 2.20. The van der Waals surface area contributed by atoms with Crippen LogP contribution in [0.5, 0.6) is 0 Å². The third kappa shape index (κ3) is 4.18. The van der Waals surface area contributed by atoms with Gasteiger partial charge < -0.3 is 10.4 Å². The lowest BCUT2D eigenvalue weighted by molar-refractivity contribution is -0.137. The van der Waals surface area contributed by atoms with Gasteiger partial charge in [0.2, 0.25) is 0 Å². The second kappa shape index (κ2) is 5.84. The van der Waals surface area contributed by atoms with Gasteiger partial charge in [-0.05, 0) is 31.5 Å². The molecular weight excluding hydrogens is 277 g/mol. The first-order chi connectivity index (χ1) is 7.49. The number of hydrogen-bond acceptors (Lipinski definition) is 2. The van der Waals surface area contributed by atoms with E-state index in [2.05, 4.69) is 21.2 Å². The van der Waals surface area contributed by atoms with Gasteiger partial charge in [-0.15, -0.1) is 0 Å². The minimum atomic E-state index is -0.843. The largest absolute Gasteiger partial charge is 0.481 e. The Labute approximate surface area is 102 Å². The van der Waals surface area contributed by atoms with Gasteiger partial charge >= 0.3 is 5.97 Å². The highest BCUT2D eigenvalue weighted by atomic mass is 79.9. The predicted octanol–water partition coefficient (Wildman–Crippen LogP) is 3.25. The molecule has 1 aromatic rings. The average Bonchev–Trinajstić information content (AvgIpc) is 2.19. The molecular formula is C11H13BrFNO2. The smallest absolute Gasteiger partial charge is 0.303 e. The van der Waals surface area contributed by atoms with Gasteiger partial charge in [0.25, 0.3) is 0 Å². The van der Waals surface area contributed by atoms with Crippen LogP contribution in [0.4, 0.5) is 10.1 Å². The summed E-state index contributed by atoms with van der Waals surface area (Å²) in [5.74, 6) is -1.19. The molecule has 0 saturated heterocycles. The third-order valence-corrected chi connectivity index (χ3v) is 2.62. The summed E-state index contributed by atoms with van der Waals surface area (Å²) < 4.78 is 14.1. The van der Waals surface area contributed by atoms with Gasteiger partial charge in [0, 0.05) is 16.9 Å². The van der Waals surface area contributed by atoms with Gasteiger partial charge in [-0.2, -0.15) is 0 Å². The van der Waals surface area contributed by atoms with E-state index in [-0.39, 0.29) is 18.3 Å². The van der Waals surface area contributed by atoms with Crippen molar-refractivity contribution < 1.29 is 14.3 Å². The average molecular weight is 290 g/mol. The van der Waals surface area contributed by atoms with E-state index in [1.54, 1.807) is 12.1 Å². The van der Waals surface area contributed by atoms with Crippen LogP contribution >= 0.6 is 15.9 Å². The molecule has 2 N–H and O–H groups in total. The van der Waals surface area contributed by atoms with Crippen LogP contribution in [-0.4, -0.2) is 17.1 Å². The highest BCUT2D eigenvalue weighted by molar-refractivity contribution is 9.10. The molecule has 0 saturated carbocycles. The minimum Gasteiger partial charge on any atom is -0.481 e. The third-order valence-electron chi connectivity index (χ3n) is 2.12. The van der Waals surface area contributed by atoms with Crippen molar-refractivity contribution in [3.8, 4) is 0 Å². The molecule has 1 unspecified atom stereocenters. The van der Waals surface area contributed by atoms with E-state index in [4.69, 9.17) is 5.11 Å². The number of hydrogen-bond donors (Lipinski definition) is 2. The van der Waals surface area contributed by atoms with Crippen molar-refractivity contribution in [1.29, 1.82) is 0 Å². The number of anilines is 1. The standard InChI is InChI=1S/C11H13BrFNO2/c1-7(2-5-11(15)16)14-10-4-3-8(12)6-9(10)13/h3-4,6-7,14H,2,5H2,1H3,(H,15,16). The van der Waals surface area contributed by atoms with Crippen molar-refractivity contribution in [1.82, 2.24) is 0 Å². The molecule has 0 aliphatic carbocycles. The van der Waals surface area contributed by atoms with E-state index in [1.165, 1.54) is 6.07 Å². The Morgan fingerprint density at radius 1 is 1.62 bits per heavy atom. The number of carboxylic acids is 1. The van der Waals surface area contributed by atoms with Crippen LogP contribution in [0.15, 0.2) is 22.7 Å². The molecule has 16 heavy (non-hydrogen) atoms. The molecule has 3 nitrogen and oxygen atoms in total. The van der Waals surface area contributed by atoms with Gasteiger partial charge in [0.05, 0.1) is 5.69 Å².